The Balaban J connectivity index is 2.35. The van der Waals surface area contributed by atoms with Crippen molar-refractivity contribution in [2.24, 2.45) is 0 Å². The summed E-state index contributed by atoms with van der Waals surface area (Å²) in [6, 6.07) is 11.1. The SMILES string of the molecule is CCNC(Cc1cc(Cl)ccc1F)c1cccc(C)c1C. The smallest absolute Gasteiger partial charge is 0.126 e. The molecule has 0 aromatic heterocycles. The summed E-state index contributed by atoms with van der Waals surface area (Å²) in [6.07, 6.45) is 0.588. The van der Waals surface area contributed by atoms with Gasteiger partial charge in [-0.1, -0.05) is 36.7 Å². The molecule has 0 saturated heterocycles. The van der Waals surface area contributed by atoms with Crippen LogP contribution >= 0.6 is 11.6 Å². The van der Waals surface area contributed by atoms with Gasteiger partial charge in [-0.2, -0.15) is 0 Å². The molecule has 0 fully saturated rings. The van der Waals surface area contributed by atoms with Crippen LogP contribution in [0.5, 0.6) is 0 Å². The highest BCUT2D eigenvalue weighted by Gasteiger charge is 2.16. The lowest BCUT2D eigenvalue weighted by Crippen LogP contribution is -2.24. The first kappa shape index (κ1) is 16.0. The molecule has 0 saturated carbocycles. The molecular formula is C18H21ClFN. The Kier molecular flexibility index (Phi) is 5.38. The van der Waals surface area contributed by atoms with E-state index < -0.39 is 0 Å². The number of likely N-dealkylation sites (N-methyl/N-ethyl adjacent to an activating group) is 1. The fourth-order valence-electron chi connectivity index (χ4n) is 2.61. The van der Waals surface area contributed by atoms with E-state index in [0.717, 1.165) is 6.54 Å². The van der Waals surface area contributed by atoms with Crippen LogP contribution in [0.3, 0.4) is 0 Å². The molecule has 1 unspecified atom stereocenters. The number of benzene rings is 2. The molecule has 0 radical (unpaired) electrons. The van der Waals surface area contributed by atoms with Crippen LogP contribution in [-0.4, -0.2) is 6.54 Å². The zero-order valence-electron chi connectivity index (χ0n) is 12.7. The summed E-state index contributed by atoms with van der Waals surface area (Å²) in [4.78, 5) is 0. The summed E-state index contributed by atoms with van der Waals surface area (Å²) in [5.41, 5.74) is 4.37. The monoisotopic (exact) mass is 305 g/mol. The first-order valence-electron chi connectivity index (χ1n) is 7.26. The van der Waals surface area contributed by atoms with Crippen molar-refractivity contribution in [1.29, 1.82) is 0 Å². The summed E-state index contributed by atoms with van der Waals surface area (Å²) < 4.78 is 14.0. The van der Waals surface area contributed by atoms with Gasteiger partial charge in [0, 0.05) is 11.1 Å². The van der Waals surface area contributed by atoms with Crippen molar-refractivity contribution in [2.45, 2.75) is 33.2 Å². The second kappa shape index (κ2) is 7.06. The topological polar surface area (TPSA) is 12.0 Å². The number of hydrogen-bond donors (Lipinski definition) is 1. The number of hydrogen-bond acceptors (Lipinski definition) is 1. The van der Waals surface area contributed by atoms with Crippen molar-refractivity contribution in [3.05, 3.63) is 69.5 Å². The molecular weight excluding hydrogens is 285 g/mol. The molecule has 1 nitrogen and oxygen atoms in total. The highest BCUT2D eigenvalue weighted by atomic mass is 35.5. The van der Waals surface area contributed by atoms with Gasteiger partial charge >= 0.3 is 0 Å². The van der Waals surface area contributed by atoms with Crippen molar-refractivity contribution in [1.82, 2.24) is 5.32 Å². The van der Waals surface area contributed by atoms with Gasteiger partial charge in [-0.3, -0.25) is 0 Å². The van der Waals surface area contributed by atoms with Crippen LogP contribution < -0.4 is 5.32 Å². The molecule has 0 bridgehead atoms. The Labute approximate surface area is 131 Å². The third kappa shape index (κ3) is 3.84. The van der Waals surface area contributed by atoms with Crippen molar-refractivity contribution >= 4 is 11.6 Å². The summed E-state index contributed by atoms with van der Waals surface area (Å²) in [5, 5.41) is 4.02. The number of aryl methyl sites for hydroxylation is 1. The molecule has 2 aromatic carbocycles. The molecule has 1 atom stereocenters. The average molecular weight is 306 g/mol. The third-order valence-corrected chi connectivity index (χ3v) is 4.14. The average Bonchev–Trinajstić information content (AvgIpc) is 2.45. The lowest BCUT2D eigenvalue weighted by Gasteiger charge is -2.22. The quantitative estimate of drug-likeness (QED) is 0.820. The molecule has 2 aromatic rings. The zero-order chi connectivity index (χ0) is 15.4. The van der Waals surface area contributed by atoms with Gasteiger partial charge in [0.1, 0.15) is 5.82 Å². The highest BCUT2D eigenvalue weighted by molar-refractivity contribution is 6.30. The molecule has 112 valence electrons. The predicted octanol–water partition coefficient (Wildman–Crippen LogP) is 4.99. The highest BCUT2D eigenvalue weighted by Crippen LogP contribution is 2.26. The van der Waals surface area contributed by atoms with E-state index in [0.29, 0.717) is 17.0 Å². The summed E-state index contributed by atoms with van der Waals surface area (Å²) in [5.74, 6) is -0.201. The van der Waals surface area contributed by atoms with E-state index in [1.807, 2.05) is 0 Å². The molecule has 0 aliphatic rings. The minimum Gasteiger partial charge on any atom is -0.310 e. The maximum atomic E-state index is 14.0. The normalized spacial score (nSPS) is 12.4. The van der Waals surface area contributed by atoms with Crippen molar-refractivity contribution in [3.8, 4) is 0 Å². The van der Waals surface area contributed by atoms with Gasteiger partial charge in [-0.15, -0.1) is 0 Å². The minimum absolute atomic E-state index is 0.0860. The van der Waals surface area contributed by atoms with Gasteiger partial charge < -0.3 is 5.32 Å². The lowest BCUT2D eigenvalue weighted by atomic mass is 9.93. The first-order valence-corrected chi connectivity index (χ1v) is 7.64. The van der Waals surface area contributed by atoms with E-state index in [2.05, 4.69) is 44.3 Å². The van der Waals surface area contributed by atoms with Crippen molar-refractivity contribution < 1.29 is 4.39 Å². The Hall–Kier alpha value is -1.38. The maximum Gasteiger partial charge on any atom is 0.126 e. The van der Waals surface area contributed by atoms with Gasteiger partial charge in [-0.25, -0.2) is 4.39 Å². The van der Waals surface area contributed by atoms with Crippen LogP contribution in [0, 0.1) is 19.7 Å². The van der Waals surface area contributed by atoms with Crippen molar-refractivity contribution in [2.75, 3.05) is 6.54 Å². The molecule has 1 N–H and O–H groups in total. The van der Waals surface area contributed by atoms with Gasteiger partial charge in [0.2, 0.25) is 0 Å². The molecule has 0 aliphatic heterocycles. The number of rotatable bonds is 5. The zero-order valence-corrected chi connectivity index (χ0v) is 13.5. The summed E-state index contributed by atoms with van der Waals surface area (Å²) in [6.45, 7) is 7.11. The molecule has 3 heteroatoms. The Morgan fingerprint density at radius 3 is 2.67 bits per heavy atom. The van der Waals surface area contributed by atoms with E-state index in [1.54, 1.807) is 12.1 Å². The second-order valence-electron chi connectivity index (χ2n) is 5.34. The fraction of sp³-hybridized carbons (Fsp3) is 0.333. The van der Waals surface area contributed by atoms with Gasteiger partial charge in [0.25, 0.3) is 0 Å². The Morgan fingerprint density at radius 2 is 1.95 bits per heavy atom. The van der Waals surface area contributed by atoms with Crippen LogP contribution in [0.1, 0.15) is 35.2 Å². The largest absolute Gasteiger partial charge is 0.310 e. The van der Waals surface area contributed by atoms with Gasteiger partial charge in [-0.05, 0) is 67.3 Å². The van der Waals surface area contributed by atoms with E-state index >= 15 is 0 Å². The van der Waals surface area contributed by atoms with Crippen LogP contribution in [0.2, 0.25) is 5.02 Å². The van der Waals surface area contributed by atoms with Gasteiger partial charge in [0.05, 0.1) is 0 Å². The van der Waals surface area contributed by atoms with Crippen LogP contribution in [0.15, 0.2) is 36.4 Å². The maximum absolute atomic E-state index is 14.0. The van der Waals surface area contributed by atoms with E-state index in [4.69, 9.17) is 11.6 Å². The molecule has 0 heterocycles. The van der Waals surface area contributed by atoms with Crippen molar-refractivity contribution in [3.63, 3.8) is 0 Å². The summed E-state index contributed by atoms with van der Waals surface area (Å²) >= 11 is 5.99. The summed E-state index contributed by atoms with van der Waals surface area (Å²) in [7, 11) is 0. The van der Waals surface area contributed by atoms with Crippen LogP contribution in [0.25, 0.3) is 0 Å². The van der Waals surface area contributed by atoms with Crippen LogP contribution in [-0.2, 0) is 6.42 Å². The molecule has 0 aliphatic carbocycles. The standard InChI is InChI=1S/C18H21ClFN/c1-4-21-18(16-7-5-6-12(2)13(16)3)11-14-10-15(19)8-9-17(14)20/h5-10,18,21H,4,11H2,1-3H3. The second-order valence-corrected chi connectivity index (χ2v) is 5.78. The Bertz CT molecular complexity index is 625. The number of halogens is 2. The van der Waals surface area contributed by atoms with E-state index in [1.165, 1.54) is 22.8 Å². The first-order chi connectivity index (χ1) is 10.0. The Morgan fingerprint density at radius 1 is 1.19 bits per heavy atom. The molecule has 2 rings (SSSR count). The molecule has 0 spiro atoms. The molecule has 21 heavy (non-hydrogen) atoms. The fourth-order valence-corrected chi connectivity index (χ4v) is 2.80. The third-order valence-electron chi connectivity index (χ3n) is 3.90. The van der Waals surface area contributed by atoms with E-state index in [-0.39, 0.29) is 11.9 Å². The van der Waals surface area contributed by atoms with E-state index in [9.17, 15) is 4.39 Å². The lowest BCUT2D eigenvalue weighted by molar-refractivity contribution is 0.526. The predicted molar refractivity (Wildman–Crippen MR) is 87.4 cm³/mol. The van der Waals surface area contributed by atoms with Crippen LogP contribution in [0.4, 0.5) is 4.39 Å². The molecule has 0 amide bonds. The minimum atomic E-state index is -0.201. The van der Waals surface area contributed by atoms with Gasteiger partial charge in [0.15, 0.2) is 0 Å². The number of nitrogens with one attached hydrogen (secondary N) is 1.